The van der Waals surface area contributed by atoms with Crippen LogP contribution in [0.15, 0.2) is 69.8 Å². The van der Waals surface area contributed by atoms with Gasteiger partial charge < -0.3 is 9.47 Å². The second kappa shape index (κ2) is 9.32. The molecule has 1 aliphatic rings. The molecule has 0 N–H and O–H groups in total. The second-order valence-electron chi connectivity index (χ2n) is 7.09. The summed E-state index contributed by atoms with van der Waals surface area (Å²) in [6.07, 6.45) is 5.16. The first-order valence-corrected chi connectivity index (χ1v) is 11.2. The van der Waals surface area contributed by atoms with E-state index in [9.17, 15) is 9.59 Å². The molecule has 1 unspecified atom stereocenters. The minimum Gasteiger partial charge on any atom is -0.494 e. The molecule has 1 aromatic carbocycles. The zero-order valence-electron chi connectivity index (χ0n) is 18.1. The van der Waals surface area contributed by atoms with Crippen molar-refractivity contribution < 1.29 is 14.3 Å². The average Bonchev–Trinajstić information content (AvgIpc) is 3.09. The fourth-order valence-electron chi connectivity index (χ4n) is 3.63. The van der Waals surface area contributed by atoms with Crippen molar-refractivity contribution in [1.82, 2.24) is 9.55 Å². The Bertz CT molecular complexity index is 1340. The van der Waals surface area contributed by atoms with Gasteiger partial charge in [-0.25, -0.2) is 9.79 Å². The quantitative estimate of drug-likeness (QED) is 0.540. The molecule has 0 saturated heterocycles. The Labute approximate surface area is 189 Å². The number of esters is 1. The Morgan fingerprint density at radius 1 is 1.19 bits per heavy atom. The Morgan fingerprint density at radius 2 is 1.97 bits per heavy atom. The van der Waals surface area contributed by atoms with E-state index in [1.807, 2.05) is 43.3 Å². The smallest absolute Gasteiger partial charge is 0.338 e. The van der Waals surface area contributed by atoms with E-state index in [1.54, 1.807) is 36.9 Å². The van der Waals surface area contributed by atoms with Crippen LogP contribution >= 0.6 is 11.3 Å². The maximum atomic E-state index is 13.5. The largest absolute Gasteiger partial charge is 0.494 e. The number of hydrogen-bond acceptors (Lipinski definition) is 7. The van der Waals surface area contributed by atoms with Gasteiger partial charge in [0.1, 0.15) is 5.75 Å². The van der Waals surface area contributed by atoms with Gasteiger partial charge in [-0.3, -0.25) is 14.3 Å². The Hall–Kier alpha value is -3.52. The molecule has 8 heteroatoms. The average molecular weight is 450 g/mol. The predicted molar refractivity (Wildman–Crippen MR) is 122 cm³/mol. The molecule has 7 nitrogen and oxygen atoms in total. The summed E-state index contributed by atoms with van der Waals surface area (Å²) in [7, 11) is 0. The summed E-state index contributed by atoms with van der Waals surface area (Å²) in [6, 6.07) is 10.5. The minimum atomic E-state index is -0.642. The van der Waals surface area contributed by atoms with Gasteiger partial charge in [-0.2, -0.15) is 0 Å². The number of ether oxygens (including phenoxy) is 2. The number of carbonyl (C=O) groups excluding carboxylic acids is 1. The number of rotatable bonds is 6. The molecule has 0 saturated carbocycles. The van der Waals surface area contributed by atoms with E-state index in [0.29, 0.717) is 27.2 Å². The van der Waals surface area contributed by atoms with Crippen molar-refractivity contribution >= 4 is 23.4 Å². The van der Waals surface area contributed by atoms with Gasteiger partial charge in [-0.1, -0.05) is 29.5 Å². The van der Waals surface area contributed by atoms with Gasteiger partial charge in [0, 0.05) is 12.4 Å². The summed E-state index contributed by atoms with van der Waals surface area (Å²) in [5, 5.41) is 0. The molecular weight excluding hydrogens is 426 g/mol. The molecule has 1 aliphatic heterocycles. The van der Waals surface area contributed by atoms with Crippen LogP contribution in [0.2, 0.25) is 0 Å². The molecule has 2 aromatic heterocycles. The van der Waals surface area contributed by atoms with Crippen LogP contribution in [0, 0.1) is 0 Å². The zero-order chi connectivity index (χ0) is 22.7. The highest BCUT2D eigenvalue weighted by atomic mass is 32.1. The third-order valence-corrected chi connectivity index (χ3v) is 5.99. The summed E-state index contributed by atoms with van der Waals surface area (Å²) in [6.45, 7) is 6.22. The number of thiazole rings is 1. The van der Waals surface area contributed by atoms with Crippen LogP contribution in [-0.4, -0.2) is 28.7 Å². The molecule has 0 bridgehead atoms. The van der Waals surface area contributed by atoms with Gasteiger partial charge in [-0.15, -0.1) is 0 Å². The minimum absolute atomic E-state index is 0.217. The van der Waals surface area contributed by atoms with Gasteiger partial charge in [0.05, 0.1) is 35.1 Å². The van der Waals surface area contributed by atoms with Crippen molar-refractivity contribution in [3.05, 3.63) is 90.9 Å². The lowest BCUT2D eigenvalue weighted by Gasteiger charge is -2.24. The van der Waals surface area contributed by atoms with Crippen LogP contribution in [0.4, 0.5) is 0 Å². The molecule has 0 spiro atoms. The zero-order valence-corrected chi connectivity index (χ0v) is 18.9. The molecule has 0 radical (unpaired) electrons. The van der Waals surface area contributed by atoms with E-state index in [1.165, 1.54) is 11.3 Å². The predicted octanol–water partition coefficient (Wildman–Crippen LogP) is 2.59. The SMILES string of the molecule is CCOC(=O)C1=C(C)N=c2s/c(=C\c3cccnc3)c(=O)n2C1c1ccc(OCC)cc1. The highest BCUT2D eigenvalue weighted by Gasteiger charge is 2.33. The van der Waals surface area contributed by atoms with Crippen molar-refractivity contribution in [3.63, 3.8) is 0 Å². The summed E-state index contributed by atoms with van der Waals surface area (Å²) in [5.41, 5.74) is 2.27. The normalized spacial score (nSPS) is 15.8. The first-order chi connectivity index (χ1) is 15.5. The third kappa shape index (κ3) is 4.13. The summed E-state index contributed by atoms with van der Waals surface area (Å²) in [5.74, 6) is 0.243. The Kier molecular flexibility index (Phi) is 6.32. The summed E-state index contributed by atoms with van der Waals surface area (Å²) >= 11 is 1.29. The van der Waals surface area contributed by atoms with Crippen LogP contribution in [0.3, 0.4) is 0 Å². The van der Waals surface area contributed by atoms with Crippen LogP contribution in [0.25, 0.3) is 6.08 Å². The number of carbonyl (C=O) groups is 1. The van der Waals surface area contributed by atoms with Gasteiger partial charge >= 0.3 is 5.97 Å². The van der Waals surface area contributed by atoms with Crippen molar-refractivity contribution in [2.45, 2.75) is 26.8 Å². The monoisotopic (exact) mass is 449 g/mol. The standard InChI is InChI=1S/C24H23N3O4S/c1-4-30-18-10-8-17(9-11-18)21-20(23(29)31-5-2)15(3)26-24-27(21)22(28)19(32-24)13-16-7-6-12-25-14-16/h6-14,21H,4-5H2,1-3H3/b19-13-. The van der Waals surface area contributed by atoms with Crippen molar-refractivity contribution in [1.29, 1.82) is 0 Å². The Balaban J connectivity index is 1.92. The summed E-state index contributed by atoms with van der Waals surface area (Å²) < 4.78 is 13.0. The maximum absolute atomic E-state index is 13.5. The first-order valence-electron chi connectivity index (χ1n) is 10.4. The van der Waals surface area contributed by atoms with E-state index in [-0.39, 0.29) is 12.2 Å². The molecule has 4 rings (SSSR count). The molecular formula is C24H23N3O4S. The number of aromatic nitrogens is 2. The van der Waals surface area contributed by atoms with Crippen molar-refractivity contribution in [2.24, 2.45) is 4.99 Å². The number of hydrogen-bond donors (Lipinski definition) is 0. The van der Waals surface area contributed by atoms with Gasteiger partial charge in [-0.05, 0) is 56.2 Å². The Morgan fingerprint density at radius 3 is 2.62 bits per heavy atom. The lowest BCUT2D eigenvalue weighted by Crippen LogP contribution is -2.39. The lowest BCUT2D eigenvalue weighted by atomic mass is 9.96. The van der Waals surface area contributed by atoms with Crippen molar-refractivity contribution in [2.75, 3.05) is 13.2 Å². The lowest BCUT2D eigenvalue weighted by molar-refractivity contribution is -0.139. The van der Waals surface area contributed by atoms with E-state index in [0.717, 1.165) is 16.9 Å². The number of allylic oxidation sites excluding steroid dienone is 1. The molecule has 32 heavy (non-hydrogen) atoms. The number of benzene rings is 1. The molecule has 164 valence electrons. The van der Waals surface area contributed by atoms with Gasteiger partial charge in [0.25, 0.3) is 5.56 Å². The fraction of sp³-hybridized carbons (Fsp3) is 0.250. The van der Waals surface area contributed by atoms with E-state index in [4.69, 9.17) is 9.47 Å². The number of nitrogens with zero attached hydrogens (tertiary/aromatic N) is 3. The van der Waals surface area contributed by atoms with E-state index in [2.05, 4.69) is 9.98 Å². The van der Waals surface area contributed by atoms with E-state index >= 15 is 0 Å². The van der Waals surface area contributed by atoms with Crippen LogP contribution in [-0.2, 0) is 9.53 Å². The molecule has 1 atom stereocenters. The first kappa shape index (κ1) is 21.7. The van der Waals surface area contributed by atoms with Crippen molar-refractivity contribution in [3.8, 4) is 5.75 Å². The number of pyridine rings is 1. The van der Waals surface area contributed by atoms with Crippen LogP contribution < -0.4 is 19.6 Å². The maximum Gasteiger partial charge on any atom is 0.338 e. The topological polar surface area (TPSA) is 82.8 Å². The highest BCUT2D eigenvalue weighted by Crippen LogP contribution is 2.31. The van der Waals surface area contributed by atoms with Gasteiger partial charge in [0.2, 0.25) is 0 Å². The fourth-order valence-corrected chi connectivity index (χ4v) is 4.68. The number of fused-ring (bicyclic) bond motifs is 1. The molecule has 0 fully saturated rings. The molecule has 3 aromatic rings. The van der Waals surface area contributed by atoms with E-state index < -0.39 is 12.0 Å². The molecule has 0 aliphatic carbocycles. The van der Waals surface area contributed by atoms with Crippen LogP contribution in [0.1, 0.15) is 37.9 Å². The second-order valence-corrected chi connectivity index (χ2v) is 8.10. The third-order valence-electron chi connectivity index (χ3n) is 5.01. The highest BCUT2D eigenvalue weighted by molar-refractivity contribution is 7.07. The van der Waals surface area contributed by atoms with Gasteiger partial charge in [0.15, 0.2) is 4.80 Å². The summed E-state index contributed by atoms with van der Waals surface area (Å²) in [4.78, 5) is 35.6. The van der Waals surface area contributed by atoms with Crippen LogP contribution in [0.5, 0.6) is 5.75 Å². The molecule has 3 heterocycles. The molecule has 0 amide bonds.